The van der Waals surface area contributed by atoms with Gasteiger partial charge < -0.3 is 9.80 Å². The average molecular weight is 881 g/mol. The van der Waals surface area contributed by atoms with Crippen molar-refractivity contribution in [2.75, 3.05) is 9.80 Å². The highest BCUT2D eigenvalue weighted by Gasteiger charge is 2.37. The highest BCUT2D eigenvalue weighted by Crippen LogP contribution is 2.55. The summed E-state index contributed by atoms with van der Waals surface area (Å²) in [5.41, 5.74) is 14.1. The van der Waals surface area contributed by atoms with Gasteiger partial charge in [-0.2, -0.15) is 0 Å². The Balaban J connectivity index is 0.849. The lowest BCUT2D eigenvalue weighted by atomic mass is 9.81. The summed E-state index contributed by atoms with van der Waals surface area (Å²) < 4.78 is 2.65. The van der Waals surface area contributed by atoms with E-state index in [1.807, 2.05) is 23.1 Å². The van der Waals surface area contributed by atoms with Crippen LogP contribution in [-0.4, -0.2) is 5.25 Å². The molecule has 0 bridgehead atoms. The van der Waals surface area contributed by atoms with Crippen molar-refractivity contribution < 1.29 is 0 Å². The van der Waals surface area contributed by atoms with Crippen LogP contribution in [0.2, 0.25) is 0 Å². The third kappa shape index (κ3) is 6.23. The number of benzene rings is 8. The van der Waals surface area contributed by atoms with E-state index in [0.29, 0.717) is 23.0 Å². The average Bonchev–Trinajstić information content (AvgIpc) is 3.94. The van der Waals surface area contributed by atoms with Crippen LogP contribution in [0.1, 0.15) is 40.2 Å². The van der Waals surface area contributed by atoms with E-state index < -0.39 is 0 Å². The van der Waals surface area contributed by atoms with E-state index in [1.165, 1.54) is 109 Å². The second-order valence-corrected chi connectivity index (χ2v) is 20.6. The molecule has 5 aliphatic rings. The smallest absolute Gasteiger partial charge is 0.0475 e. The molecular weight excluding hydrogens is 837 g/mol. The van der Waals surface area contributed by atoms with Crippen molar-refractivity contribution in [1.29, 1.82) is 0 Å². The zero-order valence-corrected chi connectivity index (χ0v) is 37.9. The van der Waals surface area contributed by atoms with Gasteiger partial charge in [-0.15, -0.1) is 23.1 Å². The predicted molar refractivity (Wildman–Crippen MR) is 284 cm³/mol. The molecule has 0 fully saturated rings. The highest BCUT2D eigenvalue weighted by molar-refractivity contribution is 8.00. The Morgan fingerprint density at radius 2 is 1.18 bits per heavy atom. The largest absolute Gasteiger partial charge is 0.311 e. The molecule has 0 saturated heterocycles. The van der Waals surface area contributed by atoms with E-state index in [2.05, 4.69) is 228 Å². The van der Waals surface area contributed by atoms with Gasteiger partial charge in [0.25, 0.3) is 0 Å². The molecule has 1 aromatic heterocycles. The lowest BCUT2D eigenvalue weighted by molar-refractivity contribution is 0.653. The van der Waals surface area contributed by atoms with Gasteiger partial charge >= 0.3 is 0 Å². The third-order valence-electron chi connectivity index (χ3n) is 14.5. The zero-order valence-electron chi connectivity index (χ0n) is 36.2. The Bertz CT molecular complexity index is 3690. The van der Waals surface area contributed by atoms with Gasteiger partial charge in [0.1, 0.15) is 0 Å². The monoisotopic (exact) mass is 880 g/mol. The first-order valence-electron chi connectivity index (χ1n) is 23.3. The first-order chi connectivity index (χ1) is 32.7. The lowest BCUT2D eigenvalue weighted by Gasteiger charge is -2.31. The van der Waals surface area contributed by atoms with Crippen molar-refractivity contribution in [2.45, 2.75) is 28.9 Å². The molecule has 4 atom stereocenters. The van der Waals surface area contributed by atoms with E-state index in [-0.39, 0.29) is 0 Å². The van der Waals surface area contributed by atoms with E-state index in [0.717, 1.165) is 12.8 Å². The van der Waals surface area contributed by atoms with Crippen LogP contribution in [0.25, 0.3) is 53.9 Å². The molecule has 2 heterocycles. The minimum Gasteiger partial charge on any atom is -0.311 e. The number of rotatable bonds is 6. The van der Waals surface area contributed by atoms with Crippen molar-refractivity contribution in [3.63, 3.8) is 0 Å². The normalized spacial score (nSPS) is 19.7. The van der Waals surface area contributed by atoms with Crippen LogP contribution in [0, 0.1) is 11.8 Å². The molecule has 8 aromatic carbocycles. The molecule has 2 nitrogen and oxygen atoms in total. The van der Waals surface area contributed by atoms with Crippen LogP contribution in [0.4, 0.5) is 28.4 Å². The van der Waals surface area contributed by atoms with Gasteiger partial charge in [0.2, 0.25) is 0 Å². The zero-order chi connectivity index (χ0) is 43.3. The maximum Gasteiger partial charge on any atom is 0.0475 e. The van der Waals surface area contributed by atoms with Gasteiger partial charge in [0.05, 0.1) is 0 Å². The molecule has 66 heavy (non-hydrogen) atoms. The minimum atomic E-state index is 0.293. The van der Waals surface area contributed by atoms with E-state index in [4.69, 9.17) is 0 Å². The Labute approximate surface area is 393 Å². The van der Waals surface area contributed by atoms with Crippen LogP contribution in [0.15, 0.2) is 217 Å². The molecule has 1 aliphatic heterocycles. The molecule has 9 aromatic rings. The van der Waals surface area contributed by atoms with Gasteiger partial charge in [-0.1, -0.05) is 146 Å². The Morgan fingerprint density at radius 1 is 0.500 bits per heavy atom. The Hall–Kier alpha value is -7.11. The molecular formula is C62H44N2S2. The molecule has 0 N–H and O–H groups in total. The molecule has 0 spiro atoms. The summed E-state index contributed by atoms with van der Waals surface area (Å²) in [6.45, 7) is 0. The summed E-state index contributed by atoms with van der Waals surface area (Å²) in [4.78, 5) is 6.29. The standard InChI is InChI=1S/C62H44N2S2/c1-5-13-43-33-47(21-17-39(43)9-1)63(48-22-18-40-10-2-6-14-44(40)34-48)51-25-27-55-59(37-51)65-57-31-29-54-53(61(55)57)30-32-58-62(54)56-28-26-52(38-60(56)66-58)64(49-23-19-41-11-3-7-15-45(41)35-49)50-24-20-42-12-4-8-16-46(42)36-50/h1-3,5-11,13-39,43,58,62H,4,12H2. The fourth-order valence-electron chi connectivity index (χ4n) is 11.3. The third-order valence-corrected chi connectivity index (χ3v) is 16.9. The molecule has 0 radical (unpaired) electrons. The van der Waals surface area contributed by atoms with Gasteiger partial charge in [-0.3, -0.25) is 0 Å². The number of thioether (sulfide) groups is 1. The van der Waals surface area contributed by atoms with Gasteiger partial charge in [-0.25, -0.2) is 0 Å². The molecule has 0 amide bonds. The van der Waals surface area contributed by atoms with Crippen LogP contribution >= 0.6 is 23.1 Å². The topological polar surface area (TPSA) is 6.48 Å². The second kappa shape index (κ2) is 15.2. The van der Waals surface area contributed by atoms with Gasteiger partial charge in [-0.05, 0) is 135 Å². The van der Waals surface area contributed by atoms with Crippen LogP contribution in [0.3, 0.4) is 0 Å². The van der Waals surface area contributed by atoms with Crippen LogP contribution in [0.5, 0.6) is 0 Å². The fraction of sp³-hybridized carbons (Fsp3) is 0.0968. The van der Waals surface area contributed by atoms with Crippen molar-refractivity contribution in [2.24, 2.45) is 11.8 Å². The number of hydrogen-bond donors (Lipinski definition) is 0. The van der Waals surface area contributed by atoms with E-state index in [1.54, 1.807) is 0 Å². The number of nitrogens with zero attached hydrogens (tertiary/aromatic N) is 2. The summed E-state index contributed by atoms with van der Waals surface area (Å²) in [6.07, 6.45) is 27.9. The predicted octanol–water partition coefficient (Wildman–Crippen LogP) is 17.4. The summed E-state index contributed by atoms with van der Waals surface area (Å²) in [5.74, 6) is 1.03. The fourth-order valence-corrected chi connectivity index (χ4v) is 13.8. The molecule has 314 valence electrons. The van der Waals surface area contributed by atoms with Crippen molar-refractivity contribution >= 4 is 105 Å². The highest BCUT2D eigenvalue weighted by atomic mass is 32.2. The van der Waals surface area contributed by atoms with E-state index >= 15 is 0 Å². The van der Waals surface area contributed by atoms with Crippen LogP contribution < -0.4 is 9.80 Å². The number of anilines is 5. The number of hydrogen-bond acceptors (Lipinski definition) is 4. The number of aryl methyl sites for hydroxylation is 1. The van der Waals surface area contributed by atoms with Crippen molar-refractivity contribution in [3.05, 3.63) is 240 Å². The first kappa shape index (κ1) is 38.2. The summed E-state index contributed by atoms with van der Waals surface area (Å²) in [7, 11) is 0. The Morgan fingerprint density at radius 3 is 2.02 bits per heavy atom. The minimum absolute atomic E-state index is 0.293. The van der Waals surface area contributed by atoms with Crippen molar-refractivity contribution in [3.8, 4) is 0 Å². The number of allylic oxidation sites excluding steroid dienone is 8. The number of fused-ring (bicyclic) bond motifs is 13. The quantitative estimate of drug-likeness (QED) is 0.164. The summed E-state index contributed by atoms with van der Waals surface area (Å²) in [6, 6.07) is 57.4. The second-order valence-electron chi connectivity index (χ2n) is 18.3. The maximum absolute atomic E-state index is 2.48. The molecule has 4 heteroatoms. The maximum atomic E-state index is 2.48. The molecule has 4 aliphatic carbocycles. The van der Waals surface area contributed by atoms with Crippen molar-refractivity contribution in [1.82, 2.24) is 0 Å². The lowest BCUT2D eigenvalue weighted by Crippen LogP contribution is -2.21. The molecule has 4 unspecified atom stereocenters. The van der Waals surface area contributed by atoms with Gasteiger partial charge in [0.15, 0.2) is 0 Å². The summed E-state index contributed by atoms with van der Waals surface area (Å²) in [5, 5.41) is 8.06. The Kier molecular flexibility index (Phi) is 8.82. The number of thiophene rings is 1. The van der Waals surface area contributed by atoms with Crippen LogP contribution in [-0.2, 0) is 6.42 Å². The first-order valence-corrected chi connectivity index (χ1v) is 25.0. The molecule has 14 rings (SSSR count). The summed E-state index contributed by atoms with van der Waals surface area (Å²) >= 11 is 3.94. The van der Waals surface area contributed by atoms with Gasteiger partial charge in [0, 0.05) is 82.2 Å². The SMILES string of the molecule is C1=CC2C=CC(N(c3ccc4ccccc4c3)c3ccc4c(c3)sc3ccc5c(c34)C=CC3Sc4cc(N(c6ccc7c(c6)C=CCC7)c6ccc7ccccc7c6)ccc4C53)=CC2C=C1. The molecule has 0 saturated carbocycles. The van der Waals surface area contributed by atoms with E-state index in [9.17, 15) is 0 Å².